The summed E-state index contributed by atoms with van der Waals surface area (Å²) in [6.07, 6.45) is 6.03. The van der Waals surface area contributed by atoms with Gasteiger partial charge in [0.05, 0.1) is 16.3 Å². The van der Waals surface area contributed by atoms with E-state index in [9.17, 15) is 4.21 Å². The van der Waals surface area contributed by atoms with Crippen molar-refractivity contribution in [3.05, 3.63) is 35.5 Å². The van der Waals surface area contributed by atoms with Crippen molar-refractivity contribution in [3.8, 4) is 0 Å². The highest BCUT2D eigenvalue weighted by Gasteiger charge is 2.28. The Morgan fingerprint density at radius 3 is 2.59 bits per heavy atom. The maximum atomic E-state index is 12.2. The van der Waals surface area contributed by atoms with E-state index in [0.717, 1.165) is 34.5 Å². The van der Waals surface area contributed by atoms with Crippen LogP contribution < -0.4 is 5.32 Å². The van der Waals surface area contributed by atoms with Gasteiger partial charge in [0.2, 0.25) is 0 Å². The van der Waals surface area contributed by atoms with E-state index in [1.54, 1.807) is 0 Å². The van der Waals surface area contributed by atoms with Crippen LogP contribution in [0.25, 0.3) is 0 Å². The monoisotopic (exact) mass is 385 g/mol. The molecule has 0 bridgehead atoms. The van der Waals surface area contributed by atoms with Crippen LogP contribution in [0.4, 0.5) is 11.5 Å². The first-order valence-electron chi connectivity index (χ1n) is 10.2. The number of hydrogen-bond acceptors (Lipinski definition) is 3. The summed E-state index contributed by atoms with van der Waals surface area (Å²) in [7, 11) is -0.852. The second-order valence-corrected chi connectivity index (χ2v) is 10.8. The maximum absolute atomic E-state index is 12.2. The van der Waals surface area contributed by atoms with Crippen molar-refractivity contribution in [1.82, 2.24) is 9.78 Å². The molecule has 27 heavy (non-hydrogen) atoms. The van der Waals surface area contributed by atoms with E-state index in [2.05, 4.69) is 55.9 Å². The zero-order chi connectivity index (χ0) is 19.2. The van der Waals surface area contributed by atoms with Crippen molar-refractivity contribution in [3.63, 3.8) is 0 Å². The molecule has 1 fully saturated rings. The first kappa shape index (κ1) is 18.7. The summed E-state index contributed by atoms with van der Waals surface area (Å²) in [6, 6.07) is 8.46. The number of nitrogens with one attached hydrogen (secondary N) is 1. The van der Waals surface area contributed by atoms with Crippen molar-refractivity contribution in [2.75, 3.05) is 11.1 Å². The summed E-state index contributed by atoms with van der Waals surface area (Å²) in [5.41, 5.74) is 3.50. The molecule has 146 valence electrons. The lowest BCUT2D eigenvalue weighted by Crippen LogP contribution is -2.27. The molecule has 1 aliphatic heterocycles. The molecule has 1 unspecified atom stereocenters. The van der Waals surface area contributed by atoms with Gasteiger partial charge in [0.15, 0.2) is 5.82 Å². The van der Waals surface area contributed by atoms with Crippen LogP contribution in [-0.2, 0) is 22.8 Å². The topological polar surface area (TPSA) is 46.9 Å². The Hall–Kier alpha value is -1.62. The van der Waals surface area contributed by atoms with Crippen molar-refractivity contribution >= 4 is 22.3 Å². The average Bonchev–Trinajstić information content (AvgIpc) is 3.20. The molecule has 2 aliphatic rings. The highest BCUT2D eigenvalue weighted by molar-refractivity contribution is 7.85. The molecule has 1 aromatic heterocycles. The molecule has 0 saturated heterocycles. The Labute approximate surface area is 165 Å². The summed E-state index contributed by atoms with van der Waals surface area (Å²) >= 11 is 0. The van der Waals surface area contributed by atoms with Crippen LogP contribution in [0.1, 0.15) is 70.6 Å². The predicted octanol–water partition coefficient (Wildman–Crippen LogP) is 5.34. The number of fused-ring (bicyclic) bond motifs is 1. The summed E-state index contributed by atoms with van der Waals surface area (Å²) in [4.78, 5) is 0.983. The summed E-state index contributed by atoms with van der Waals surface area (Å²) in [5.74, 6) is 3.08. The molecule has 5 heteroatoms. The Morgan fingerprint density at radius 2 is 1.89 bits per heavy atom. The third kappa shape index (κ3) is 3.84. The lowest BCUT2D eigenvalue weighted by atomic mass is 9.81. The minimum atomic E-state index is -0.852. The fraction of sp³-hybridized carbons (Fsp3) is 0.591. The van der Waals surface area contributed by atoms with Crippen LogP contribution in [0.3, 0.4) is 0 Å². The minimum Gasteiger partial charge on any atom is -0.339 e. The maximum Gasteiger partial charge on any atom is 0.152 e. The predicted molar refractivity (Wildman–Crippen MR) is 112 cm³/mol. The van der Waals surface area contributed by atoms with Crippen LogP contribution >= 0.6 is 0 Å². The summed E-state index contributed by atoms with van der Waals surface area (Å²) in [6.45, 7) is 9.02. The normalized spacial score (nSPS) is 25.4. The van der Waals surface area contributed by atoms with Gasteiger partial charge in [0.25, 0.3) is 0 Å². The van der Waals surface area contributed by atoms with E-state index < -0.39 is 10.8 Å². The van der Waals surface area contributed by atoms with Crippen molar-refractivity contribution in [2.24, 2.45) is 5.92 Å². The molecule has 2 aromatic rings. The number of hydrogen-bond donors (Lipinski definition) is 1. The SMILES string of the molecule is CC1CCC(c2cc(Nc3ccc4c(c3)S(=O)CC4)nn2C(C)(C)C)CC1. The zero-order valence-corrected chi connectivity index (χ0v) is 17.7. The highest BCUT2D eigenvalue weighted by atomic mass is 32.2. The first-order valence-corrected chi connectivity index (χ1v) is 11.5. The number of anilines is 2. The van der Waals surface area contributed by atoms with E-state index in [1.165, 1.54) is 36.9 Å². The van der Waals surface area contributed by atoms with Crippen LogP contribution in [0.2, 0.25) is 0 Å². The molecule has 0 radical (unpaired) electrons. The number of benzene rings is 1. The first-order chi connectivity index (χ1) is 12.8. The van der Waals surface area contributed by atoms with Crippen molar-refractivity contribution in [2.45, 2.75) is 76.2 Å². The number of aryl methyl sites for hydroxylation is 1. The molecule has 4 nitrogen and oxygen atoms in total. The number of aromatic nitrogens is 2. The highest BCUT2D eigenvalue weighted by Crippen LogP contribution is 2.38. The number of rotatable bonds is 3. The van der Waals surface area contributed by atoms with Crippen molar-refractivity contribution in [1.29, 1.82) is 0 Å². The Kier molecular flexibility index (Phi) is 4.91. The van der Waals surface area contributed by atoms with Crippen LogP contribution in [0.5, 0.6) is 0 Å². The van der Waals surface area contributed by atoms with Crippen LogP contribution in [0.15, 0.2) is 29.2 Å². The second-order valence-electron chi connectivity index (χ2n) is 9.24. The van der Waals surface area contributed by atoms with Gasteiger partial charge in [-0.15, -0.1) is 0 Å². The standard InChI is InChI=1S/C22H31N3OS/c1-15-5-7-16(8-6-15)19-14-21(24-25(19)22(2,3)4)23-18-10-9-17-11-12-27(26)20(17)13-18/h9-10,13-16H,5-8,11-12H2,1-4H3,(H,23,24). The summed E-state index contributed by atoms with van der Waals surface area (Å²) < 4.78 is 14.4. The van der Waals surface area contributed by atoms with E-state index in [1.807, 2.05) is 6.07 Å². The smallest absolute Gasteiger partial charge is 0.152 e. The number of nitrogens with zero attached hydrogens (tertiary/aromatic N) is 2. The molecule has 1 saturated carbocycles. The second kappa shape index (κ2) is 7.08. The van der Waals surface area contributed by atoms with Gasteiger partial charge in [-0.3, -0.25) is 8.89 Å². The molecule has 4 rings (SSSR count). The summed E-state index contributed by atoms with van der Waals surface area (Å²) in [5, 5.41) is 8.38. The third-order valence-corrected chi connectivity index (χ3v) is 7.39. The Bertz CT molecular complexity index is 857. The zero-order valence-electron chi connectivity index (χ0n) is 16.9. The third-order valence-electron chi connectivity index (χ3n) is 5.95. The van der Waals surface area contributed by atoms with Gasteiger partial charge >= 0.3 is 0 Å². The van der Waals surface area contributed by atoms with E-state index in [4.69, 9.17) is 5.10 Å². The lowest BCUT2D eigenvalue weighted by Gasteiger charge is -2.30. The average molecular weight is 386 g/mol. The minimum absolute atomic E-state index is 0.0439. The van der Waals surface area contributed by atoms with E-state index >= 15 is 0 Å². The van der Waals surface area contributed by atoms with Gasteiger partial charge in [-0.2, -0.15) is 5.10 Å². The molecule has 0 amide bonds. The molecule has 1 atom stereocenters. The van der Waals surface area contributed by atoms with E-state index in [-0.39, 0.29) is 5.54 Å². The van der Waals surface area contributed by atoms with Gasteiger partial charge in [0, 0.05) is 34.0 Å². The van der Waals surface area contributed by atoms with Crippen LogP contribution in [-0.4, -0.2) is 19.7 Å². The van der Waals surface area contributed by atoms with E-state index in [0.29, 0.717) is 5.92 Å². The molecule has 1 aliphatic carbocycles. The fourth-order valence-corrected chi connectivity index (χ4v) is 5.70. The van der Waals surface area contributed by atoms with Crippen LogP contribution in [0, 0.1) is 5.92 Å². The fourth-order valence-electron chi connectivity index (χ4n) is 4.35. The quantitative estimate of drug-likeness (QED) is 0.776. The molecular formula is C22H31N3OS. The van der Waals surface area contributed by atoms with Gasteiger partial charge in [-0.05, 0) is 63.6 Å². The molecule has 1 N–H and O–H groups in total. The lowest BCUT2D eigenvalue weighted by molar-refractivity contribution is 0.297. The molecule has 1 aromatic carbocycles. The molecule has 0 spiro atoms. The van der Waals surface area contributed by atoms with Gasteiger partial charge in [-0.1, -0.05) is 25.8 Å². The van der Waals surface area contributed by atoms with Crippen molar-refractivity contribution < 1.29 is 4.21 Å². The molecular weight excluding hydrogens is 354 g/mol. The largest absolute Gasteiger partial charge is 0.339 e. The van der Waals surface area contributed by atoms with Gasteiger partial charge < -0.3 is 5.32 Å². The molecule has 2 heterocycles. The Morgan fingerprint density at radius 1 is 1.15 bits per heavy atom. The van der Waals surface area contributed by atoms with Gasteiger partial charge in [0.1, 0.15) is 0 Å². The Balaban J connectivity index is 1.62. The van der Waals surface area contributed by atoms with Gasteiger partial charge in [-0.25, -0.2) is 0 Å².